The van der Waals surface area contributed by atoms with Crippen LogP contribution in [-0.2, 0) is 0 Å². The Kier molecular flexibility index (Phi) is 4.26. The van der Waals surface area contributed by atoms with Gasteiger partial charge < -0.3 is 11.1 Å². The molecule has 3 nitrogen and oxygen atoms in total. The molecule has 2 aromatic rings. The third-order valence-electron chi connectivity index (χ3n) is 3.65. The molecular formula is C17H19FN2O. The largest absolute Gasteiger partial charge is 0.378 e. The van der Waals surface area contributed by atoms with E-state index in [9.17, 15) is 9.18 Å². The van der Waals surface area contributed by atoms with Crippen LogP contribution in [0.1, 0.15) is 40.0 Å². The summed E-state index contributed by atoms with van der Waals surface area (Å²) in [6.45, 7) is 6.14. The number of carbonyl (C=O) groups excluding carboxylic acids is 1. The number of hydrogen-bond donors (Lipinski definition) is 2. The van der Waals surface area contributed by atoms with E-state index in [1.165, 1.54) is 23.3 Å². The normalized spacial score (nSPS) is 12.0. The van der Waals surface area contributed by atoms with Gasteiger partial charge in [-0.25, -0.2) is 4.39 Å². The predicted octanol–water partition coefficient (Wildman–Crippen LogP) is 3.71. The molecule has 0 aromatic heterocycles. The Morgan fingerprint density at radius 3 is 2.48 bits per heavy atom. The molecule has 0 fully saturated rings. The van der Waals surface area contributed by atoms with Crippen molar-refractivity contribution in [3.63, 3.8) is 0 Å². The summed E-state index contributed by atoms with van der Waals surface area (Å²) in [5, 5.41) is 3.25. The second-order valence-corrected chi connectivity index (χ2v) is 5.27. The minimum atomic E-state index is -0.769. The number of nitrogens with one attached hydrogen (secondary N) is 1. The summed E-state index contributed by atoms with van der Waals surface area (Å²) in [7, 11) is 0. The van der Waals surface area contributed by atoms with Crippen LogP contribution in [-0.4, -0.2) is 5.91 Å². The second kappa shape index (κ2) is 5.95. The molecule has 1 atom stereocenters. The second-order valence-electron chi connectivity index (χ2n) is 5.27. The molecule has 4 heteroatoms. The Morgan fingerprint density at radius 1 is 1.14 bits per heavy atom. The first-order valence-electron chi connectivity index (χ1n) is 6.81. The van der Waals surface area contributed by atoms with E-state index in [2.05, 4.69) is 37.4 Å². The number of rotatable bonds is 4. The lowest BCUT2D eigenvalue weighted by Gasteiger charge is -2.17. The highest BCUT2D eigenvalue weighted by Crippen LogP contribution is 2.23. The van der Waals surface area contributed by atoms with Crippen molar-refractivity contribution in [2.75, 3.05) is 5.32 Å². The summed E-state index contributed by atoms with van der Waals surface area (Å²) in [5.74, 6) is -1.37. The molecule has 1 amide bonds. The third kappa shape index (κ3) is 3.40. The van der Waals surface area contributed by atoms with Crippen molar-refractivity contribution in [3.05, 3.63) is 64.5 Å². The predicted molar refractivity (Wildman–Crippen MR) is 82.9 cm³/mol. The lowest BCUT2D eigenvalue weighted by molar-refractivity contribution is 0.0996. The number of benzene rings is 2. The van der Waals surface area contributed by atoms with Gasteiger partial charge in [0.05, 0.1) is 5.56 Å². The summed E-state index contributed by atoms with van der Waals surface area (Å²) in [5.41, 5.74) is 9.30. The average molecular weight is 286 g/mol. The molecule has 0 aliphatic carbocycles. The lowest BCUT2D eigenvalue weighted by atomic mass is 10.0. The van der Waals surface area contributed by atoms with Crippen molar-refractivity contribution in [2.24, 2.45) is 5.73 Å². The van der Waals surface area contributed by atoms with Crippen LogP contribution < -0.4 is 11.1 Å². The first-order chi connectivity index (χ1) is 9.88. The fraction of sp³-hybridized carbons (Fsp3) is 0.235. The van der Waals surface area contributed by atoms with E-state index in [1.807, 2.05) is 6.92 Å². The van der Waals surface area contributed by atoms with Crippen LogP contribution in [0.4, 0.5) is 10.1 Å². The Bertz CT molecular complexity index is 682. The van der Waals surface area contributed by atoms with Gasteiger partial charge in [0.2, 0.25) is 0 Å². The molecule has 0 saturated carbocycles. The maximum atomic E-state index is 13.4. The van der Waals surface area contributed by atoms with E-state index in [4.69, 9.17) is 5.73 Å². The maximum Gasteiger partial charge on any atom is 0.251 e. The third-order valence-corrected chi connectivity index (χ3v) is 3.65. The van der Waals surface area contributed by atoms with E-state index in [-0.39, 0.29) is 11.6 Å². The molecule has 0 radical (unpaired) electrons. The first kappa shape index (κ1) is 15.0. The molecule has 0 aliphatic rings. The fourth-order valence-corrected chi connectivity index (χ4v) is 2.17. The van der Waals surface area contributed by atoms with E-state index in [0.717, 1.165) is 5.56 Å². The summed E-state index contributed by atoms with van der Waals surface area (Å²) < 4.78 is 13.4. The quantitative estimate of drug-likeness (QED) is 0.900. The number of anilines is 1. The molecule has 1 unspecified atom stereocenters. The van der Waals surface area contributed by atoms with Gasteiger partial charge in [-0.15, -0.1) is 0 Å². The number of aryl methyl sites for hydroxylation is 2. The molecular weight excluding hydrogens is 267 g/mol. The molecule has 21 heavy (non-hydrogen) atoms. The van der Waals surface area contributed by atoms with Gasteiger partial charge >= 0.3 is 0 Å². The monoisotopic (exact) mass is 286 g/mol. The van der Waals surface area contributed by atoms with Crippen LogP contribution >= 0.6 is 0 Å². The van der Waals surface area contributed by atoms with Crippen molar-refractivity contribution in [2.45, 2.75) is 26.8 Å². The summed E-state index contributed by atoms with van der Waals surface area (Å²) >= 11 is 0. The molecule has 2 rings (SSSR count). The Morgan fingerprint density at radius 2 is 1.86 bits per heavy atom. The molecule has 0 spiro atoms. The van der Waals surface area contributed by atoms with Gasteiger partial charge in [-0.05, 0) is 55.7 Å². The standard InChI is InChI=1S/C17H19FN2O/c1-10-4-5-13(8-11(10)2)12(3)20-14-6-7-16(18)15(9-14)17(19)21/h4-9,12,20H,1-3H3,(H2,19,21). The summed E-state index contributed by atoms with van der Waals surface area (Å²) in [6.07, 6.45) is 0. The lowest BCUT2D eigenvalue weighted by Crippen LogP contribution is -2.14. The highest BCUT2D eigenvalue weighted by molar-refractivity contribution is 5.94. The van der Waals surface area contributed by atoms with Crippen LogP contribution in [0, 0.1) is 19.7 Å². The first-order valence-corrected chi connectivity index (χ1v) is 6.81. The van der Waals surface area contributed by atoms with Crippen LogP contribution in [0.25, 0.3) is 0 Å². The molecule has 2 aromatic carbocycles. The van der Waals surface area contributed by atoms with E-state index >= 15 is 0 Å². The topological polar surface area (TPSA) is 55.1 Å². The minimum absolute atomic E-state index is 0.0375. The van der Waals surface area contributed by atoms with Crippen LogP contribution in [0.5, 0.6) is 0 Å². The van der Waals surface area contributed by atoms with Gasteiger partial charge in [-0.1, -0.05) is 18.2 Å². The van der Waals surface area contributed by atoms with Crippen molar-refractivity contribution in [1.82, 2.24) is 0 Å². The van der Waals surface area contributed by atoms with Gasteiger partial charge in [-0.2, -0.15) is 0 Å². The molecule has 0 aliphatic heterocycles. The van der Waals surface area contributed by atoms with Gasteiger partial charge in [0, 0.05) is 11.7 Å². The number of primary amides is 1. The van der Waals surface area contributed by atoms with Gasteiger partial charge in [0.25, 0.3) is 5.91 Å². The van der Waals surface area contributed by atoms with E-state index < -0.39 is 11.7 Å². The number of carbonyl (C=O) groups is 1. The number of hydrogen-bond acceptors (Lipinski definition) is 2. The van der Waals surface area contributed by atoms with Gasteiger partial charge in [0.15, 0.2) is 0 Å². The van der Waals surface area contributed by atoms with Gasteiger partial charge in [-0.3, -0.25) is 4.79 Å². The Hall–Kier alpha value is -2.36. The molecule has 0 heterocycles. The summed E-state index contributed by atoms with van der Waals surface area (Å²) in [6, 6.07) is 10.6. The average Bonchev–Trinajstić information content (AvgIpc) is 2.43. The molecule has 3 N–H and O–H groups in total. The highest BCUT2D eigenvalue weighted by Gasteiger charge is 2.11. The number of halogens is 1. The van der Waals surface area contributed by atoms with Crippen molar-refractivity contribution < 1.29 is 9.18 Å². The minimum Gasteiger partial charge on any atom is -0.378 e. The fourth-order valence-electron chi connectivity index (χ4n) is 2.17. The van der Waals surface area contributed by atoms with Crippen molar-refractivity contribution in [1.29, 1.82) is 0 Å². The van der Waals surface area contributed by atoms with Crippen molar-refractivity contribution in [3.8, 4) is 0 Å². The van der Waals surface area contributed by atoms with E-state index in [1.54, 1.807) is 6.07 Å². The van der Waals surface area contributed by atoms with Crippen molar-refractivity contribution >= 4 is 11.6 Å². The summed E-state index contributed by atoms with van der Waals surface area (Å²) in [4.78, 5) is 11.2. The number of nitrogens with two attached hydrogens (primary N) is 1. The zero-order chi connectivity index (χ0) is 15.6. The maximum absolute atomic E-state index is 13.4. The zero-order valence-corrected chi connectivity index (χ0v) is 12.4. The SMILES string of the molecule is Cc1ccc(C(C)Nc2ccc(F)c(C(N)=O)c2)cc1C. The molecule has 110 valence electrons. The van der Waals surface area contributed by atoms with Crippen LogP contribution in [0.2, 0.25) is 0 Å². The molecule has 0 bridgehead atoms. The van der Waals surface area contributed by atoms with Crippen LogP contribution in [0.15, 0.2) is 36.4 Å². The Balaban J connectivity index is 2.23. The molecule has 0 saturated heterocycles. The Labute approximate surface area is 124 Å². The smallest absolute Gasteiger partial charge is 0.251 e. The van der Waals surface area contributed by atoms with Crippen LogP contribution in [0.3, 0.4) is 0 Å². The van der Waals surface area contributed by atoms with E-state index in [0.29, 0.717) is 5.69 Å². The zero-order valence-electron chi connectivity index (χ0n) is 12.4. The number of amides is 1. The highest BCUT2D eigenvalue weighted by atomic mass is 19.1. The van der Waals surface area contributed by atoms with Gasteiger partial charge in [0.1, 0.15) is 5.82 Å².